The maximum atomic E-state index is 11.6. The third-order valence-corrected chi connectivity index (χ3v) is 3.00. The number of nitrogens with one attached hydrogen (secondary N) is 1. The van der Waals surface area contributed by atoms with Gasteiger partial charge in [0, 0.05) is 18.6 Å². The highest BCUT2D eigenvalue weighted by Gasteiger charge is 2.19. The van der Waals surface area contributed by atoms with E-state index in [0.29, 0.717) is 11.4 Å². The summed E-state index contributed by atoms with van der Waals surface area (Å²) in [6.45, 7) is -0.0434. The van der Waals surface area contributed by atoms with Crippen LogP contribution in [0.15, 0.2) is 24.3 Å². The van der Waals surface area contributed by atoms with Gasteiger partial charge in [-0.05, 0) is 30.5 Å². The number of hydrogen-bond acceptors (Lipinski definition) is 3. The minimum atomic E-state index is -1.10. The van der Waals surface area contributed by atoms with Gasteiger partial charge in [-0.25, -0.2) is 4.79 Å². The minimum absolute atomic E-state index is 0.0434. The highest BCUT2D eigenvalue weighted by atomic mass is 35.5. The molecule has 0 aliphatic heterocycles. The van der Waals surface area contributed by atoms with Crippen LogP contribution in [0.5, 0.6) is 0 Å². The second-order valence-corrected chi connectivity index (χ2v) is 4.83. The van der Waals surface area contributed by atoms with Crippen molar-refractivity contribution in [3.05, 3.63) is 34.9 Å². The number of hydrogen-bond donors (Lipinski definition) is 2. The Balaban J connectivity index is 2.32. The van der Waals surface area contributed by atoms with E-state index in [2.05, 4.69) is 5.32 Å². The quantitative estimate of drug-likeness (QED) is 0.768. The number of carbonyl (C=O) groups excluding carboxylic acids is 1. The van der Waals surface area contributed by atoms with E-state index in [9.17, 15) is 9.59 Å². The van der Waals surface area contributed by atoms with Gasteiger partial charge < -0.3 is 15.2 Å². The zero-order chi connectivity index (χ0) is 15.0. The van der Waals surface area contributed by atoms with Crippen LogP contribution in [0.3, 0.4) is 0 Å². The first-order valence-electron chi connectivity index (χ1n) is 6.28. The van der Waals surface area contributed by atoms with Crippen LogP contribution in [0.4, 0.5) is 0 Å². The SMILES string of the molecule is COCC(NC(=O)CCCc1ccc(Cl)cc1)C(=O)O. The zero-order valence-electron chi connectivity index (χ0n) is 11.3. The number of methoxy groups -OCH3 is 1. The Bertz CT molecular complexity index is 447. The smallest absolute Gasteiger partial charge is 0.328 e. The molecule has 5 nitrogen and oxygen atoms in total. The molecule has 110 valence electrons. The predicted octanol–water partition coefficient (Wildman–Crippen LogP) is 1.88. The van der Waals surface area contributed by atoms with E-state index in [4.69, 9.17) is 21.4 Å². The molecule has 1 aromatic carbocycles. The molecule has 1 rings (SSSR count). The standard InChI is InChI=1S/C14H18ClNO4/c1-20-9-12(14(18)19)16-13(17)4-2-3-10-5-7-11(15)8-6-10/h5-8,12H,2-4,9H2,1H3,(H,16,17)(H,18,19). The number of aryl methyl sites for hydroxylation is 1. The van der Waals surface area contributed by atoms with Crippen LogP contribution in [0.25, 0.3) is 0 Å². The van der Waals surface area contributed by atoms with Crippen LogP contribution < -0.4 is 5.32 Å². The van der Waals surface area contributed by atoms with Crippen molar-refractivity contribution in [2.24, 2.45) is 0 Å². The summed E-state index contributed by atoms with van der Waals surface area (Å²) in [6.07, 6.45) is 1.66. The first-order valence-corrected chi connectivity index (χ1v) is 6.66. The molecular weight excluding hydrogens is 282 g/mol. The number of benzene rings is 1. The number of aliphatic carboxylic acids is 1. The lowest BCUT2D eigenvalue weighted by Crippen LogP contribution is -2.43. The van der Waals surface area contributed by atoms with E-state index >= 15 is 0 Å². The highest BCUT2D eigenvalue weighted by Crippen LogP contribution is 2.11. The van der Waals surface area contributed by atoms with Crippen LogP contribution in [0.1, 0.15) is 18.4 Å². The van der Waals surface area contributed by atoms with E-state index in [0.717, 1.165) is 12.0 Å². The van der Waals surface area contributed by atoms with Gasteiger partial charge in [-0.3, -0.25) is 4.79 Å². The van der Waals surface area contributed by atoms with Gasteiger partial charge in [-0.15, -0.1) is 0 Å². The van der Waals surface area contributed by atoms with Crippen LogP contribution in [-0.4, -0.2) is 36.7 Å². The van der Waals surface area contributed by atoms with Gasteiger partial charge >= 0.3 is 5.97 Å². The second kappa shape index (κ2) is 8.55. The maximum absolute atomic E-state index is 11.6. The first kappa shape index (κ1) is 16.5. The third kappa shape index (κ3) is 6.04. The van der Waals surface area contributed by atoms with Crippen LogP contribution in [0, 0.1) is 0 Å². The van der Waals surface area contributed by atoms with Crippen molar-refractivity contribution < 1.29 is 19.4 Å². The monoisotopic (exact) mass is 299 g/mol. The number of halogens is 1. The Morgan fingerprint density at radius 1 is 1.35 bits per heavy atom. The average Bonchev–Trinajstić information content (AvgIpc) is 2.40. The fourth-order valence-corrected chi connectivity index (χ4v) is 1.84. The largest absolute Gasteiger partial charge is 0.480 e. The number of carbonyl (C=O) groups is 2. The fraction of sp³-hybridized carbons (Fsp3) is 0.429. The van der Waals surface area contributed by atoms with E-state index < -0.39 is 12.0 Å². The van der Waals surface area contributed by atoms with Crippen LogP contribution in [-0.2, 0) is 20.7 Å². The lowest BCUT2D eigenvalue weighted by molar-refractivity contribution is -0.143. The summed E-state index contributed by atoms with van der Waals surface area (Å²) in [5.74, 6) is -1.39. The number of ether oxygens (including phenoxy) is 1. The maximum Gasteiger partial charge on any atom is 0.328 e. The molecule has 1 unspecified atom stereocenters. The fourth-order valence-electron chi connectivity index (χ4n) is 1.71. The van der Waals surface area contributed by atoms with E-state index in [1.165, 1.54) is 7.11 Å². The zero-order valence-corrected chi connectivity index (χ0v) is 12.0. The topological polar surface area (TPSA) is 75.6 Å². The molecule has 0 bridgehead atoms. The van der Waals surface area contributed by atoms with Crippen molar-refractivity contribution in [3.8, 4) is 0 Å². The Kier molecular flexibility index (Phi) is 7.04. The lowest BCUT2D eigenvalue weighted by Gasteiger charge is -2.13. The number of carboxylic acids is 1. The van der Waals surface area contributed by atoms with Gasteiger partial charge in [-0.2, -0.15) is 0 Å². The average molecular weight is 300 g/mol. The van der Waals surface area contributed by atoms with Crippen molar-refractivity contribution in [1.82, 2.24) is 5.32 Å². The Morgan fingerprint density at radius 2 is 2.00 bits per heavy atom. The molecule has 1 amide bonds. The van der Waals surface area contributed by atoms with Gasteiger partial charge in [0.2, 0.25) is 5.91 Å². The molecule has 0 aromatic heterocycles. The summed E-state index contributed by atoms with van der Waals surface area (Å²) in [7, 11) is 1.39. The van der Waals surface area contributed by atoms with E-state index in [1.54, 1.807) is 12.1 Å². The van der Waals surface area contributed by atoms with Crippen molar-refractivity contribution in [1.29, 1.82) is 0 Å². The van der Waals surface area contributed by atoms with Gasteiger partial charge in [0.25, 0.3) is 0 Å². The Hall–Kier alpha value is -1.59. The van der Waals surface area contributed by atoms with Crippen LogP contribution >= 0.6 is 11.6 Å². The number of carboxylic acid groups (broad SMARTS) is 1. The molecule has 0 aliphatic carbocycles. The molecule has 6 heteroatoms. The molecule has 1 atom stereocenters. The predicted molar refractivity (Wildman–Crippen MR) is 75.8 cm³/mol. The van der Waals surface area contributed by atoms with Crippen molar-refractivity contribution >= 4 is 23.5 Å². The summed E-state index contributed by atoms with van der Waals surface area (Å²) >= 11 is 5.78. The molecule has 0 heterocycles. The van der Waals surface area contributed by atoms with Gasteiger partial charge in [0.1, 0.15) is 0 Å². The summed E-state index contributed by atoms with van der Waals surface area (Å²) in [5.41, 5.74) is 1.09. The number of rotatable bonds is 8. The normalized spacial score (nSPS) is 11.9. The molecule has 1 aromatic rings. The number of amides is 1. The van der Waals surface area contributed by atoms with Crippen molar-refractivity contribution in [2.45, 2.75) is 25.3 Å². The van der Waals surface area contributed by atoms with Crippen molar-refractivity contribution in [2.75, 3.05) is 13.7 Å². The van der Waals surface area contributed by atoms with Gasteiger partial charge in [0.05, 0.1) is 6.61 Å². The molecule has 0 saturated heterocycles. The first-order chi connectivity index (χ1) is 9.52. The van der Waals surface area contributed by atoms with Gasteiger partial charge in [0.15, 0.2) is 6.04 Å². The molecule has 0 fully saturated rings. The van der Waals surface area contributed by atoms with E-state index in [-0.39, 0.29) is 18.9 Å². The second-order valence-electron chi connectivity index (χ2n) is 4.39. The Labute approximate surface area is 122 Å². The molecule has 20 heavy (non-hydrogen) atoms. The highest BCUT2D eigenvalue weighted by molar-refractivity contribution is 6.30. The summed E-state index contributed by atoms with van der Waals surface area (Å²) < 4.78 is 4.74. The summed E-state index contributed by atoms with van der Waals surface area (Å²) in [6, 6.07) is 6.42. The summed E-state index contributed by atoms with van der Waals surface area (Å²) in [4.78, 5) is 22.5. The lowest BCUT2D eigenvalue weighted by atomic mass is 10.1. The Morgan fingerprint density at radius 3 is 2.55 bits per heavy atom. The molecular formula is C14H18ClNO4. The minimum Gasteiger partial charge on any atom is -0.480 e. The molecule has 0 radical (unpaired) electrons. The molecule has 0 aliphatic rings. The van der Waals surface area contributed by atoms with E-state index in [1.807, 2.05) is 12.1 Å². The molecule has 2 N–H and O–H groups in total. The summed E-state index contributed by atoms with van der Waals surface area (Å²) in [5, 5.41) is 12.0. The third-order valence-electron chi connectivity index (χ3n) is 2.75. The van der Waals surface area contributed by atoms with Crippen LogP contribution in [0.2, 0.25) is 5.02 Å². The molecule has 0 spiro atoms. The van der Waals surface area contributed by atoms with Gasteiger partial charge in [-0.1, -0.05) is 23.7 Å². The van der Waals surface area contributed by atoms with Crippen molar-refractivity contribution in [3.63, 3.8) is 0 Å². The molecule has 0 saturated carbocycles.